The van der Waals surface area contributed by atoms with Gasteiger partial charge in [-0.2, -0.15) is 0 Å². The first kappa shape index (κ1) is 26.6. The number of hydrogen-bond donors (Lipinski definition) is 1. The third-order valence-corrected chi connectivity index (χ3v) is 9.17. The van der Waals surface area contributed by atoms with Crippen LogP contribution in [0, 0.1) is 12.8 Å². The zero-order valence-electron chi connectivity index (χ0n) is 21.4. The van der Waals surface area contributed by atoms with Crippen molar-refractivity contribution >= 4 is 10.1 Å². The molecule has 2 aliphatic rings. The molecule has 2 fully saturated rings. The maximum absolute atomic E-state index is 11.8. The summed E-state index contributed by atoms with van der Waals surface area (Å²) in [7, 11) is 0.534. The van der Waals surface area contributed by atoms with Gasteiger partial charge in [0.05, 0.1) is 31.1 Å². The van der Waals surface area contributed by atoms with Crippen molar-refractivity contribution < 1.29 is 22.6 Å². The largest absolute Gasteiger partial charge is 0.744 e. The van der Waals surface area contributed by atoms with Crippen LogP contribution >= 0.6 is 0 Å². The number of benzene rings is 3. The Morgan fingerprint density at radius 2 is 1.28 bits per heavy atom. The molecule has 0 radical (unpaired) electrons. The summed E-state index contributed by atoms with van der Waals surface area (Å²) in [6.45, 7) is 1.82. The van der Waals surface area contributed by atoms with E-state index in [9.17, 15) is 18.1 Å². The minimum atomic E-state index is -4.27. The van der Waals surface area contributed by atoms with Crippen molar-refractivity contribution in [3.63, 3.8) is 0 Å². The minimum Gasteiger partial charge on any atom is -0.744 e. The summed E-state index contributed by atoms with van der Waals surface area (Å²) in [4.78, 5) is -0.178. The number of aliphatic hydroxyl groups is 1. The Balaban J connectivity index is 0.000000233. The molecule has 0 aromatic heterocycles. The van der Waals surface area contributed by atoms with Crippen LogP contribution in [0.2, 0.25) is 0 Å². The molecule has 2 unspecified atom stereocenters. The van der Waals surface area contributed by atoms with Gasteiger partial charge in [0.2, 0.25) is 0 Å². The van der Waals surface area contributed by atoms with Crippen molar-refractivity contribution in [2.75, 3.05) is 14.1 Å². The van der Waals surface area contributed by atoms with Crippen molar-refractivity contribution in [1.82, 2.24) is 0 Å². The lowest BCUT2D eigenvalue weighted by Crippen LogP contribution is -2.55. The van der Waals surface area contributed by atoms with E-state index in [1.165, 1.54) is 42.3 Å². The Morgan fingerprint density at radius 3 is 1.69 bits per heavy atom. The average molecular weight is 508 g/mol. The second-order valence-electron chi connectivity index (χ2n) is 10.9. The topological polar surface area (TPSA) is 77.4 Å². The maximum Gasteiger partial charge on any atom is 0.124 e. The molecule has 36 heavy (non-hydrogen) atoms. The number of piperidine rings is 1. The molecule has 0 amide bonds. The number of fused-ring (bicyclic) bond motifs is 2. The van der Waals surface area contributed by atoms with E-state index in [2.05, 4.69) is 38.4 Å². The van der Waals surface area contributed by atoms with Gasteiger partial charge < -0.3 is 14.1 Å². The van der Waals surface area contributed by atoms with Gasteiger partial charge >= 0.3 is 0 Å². The molecule has 5 rings (SSSR count). The highest BCUT2D eigenvalue weighted by atomic mass is 32.2. The second-order valence-corrected chi connectivity index (χ2v) is 12.3. The zero-order valence-corrected chi connectivity index (χ0v) is 22.2. The fourth-order valence-electron chi connectivity index (χ4n) is 6.11. The summed E-state index contributed by atoms with van der Waals surface area (Å²) in [6, 6.07) is 27.8. The molecule has 3 aromatic carbocycles. The van der Waals surface area contributed by atoms with Crippen molar-refractivity contribution in [3.05, 3.63) is 102 Å². The van der Waals surface area contributed by atoms with E-state index < -0.39 is 15.7 Å². The van der Waals surface area contributed by atoms with Gasteiger partial charge in [-0.25, -0.2) is 8.42 Å². The molecule has 2 aliphatic heterocycles. The van der Waals surface area contributed by atoms with Crippen LogP contribution in [-0.2, 0) is 15.7 Å². The lowest BCUT2D eigenvalue weighted by molar-refractivity contribution is -0.931. The van der Waals surface area contributed by atoms with E-state index >= 15 is 0 Å². The van der Waals surface area contributed by atoms with Crippen LogP contribution in [0.3, 0.4) is 0 Å². The number of quaternary nitrogens is 1. The van der Waals surface area contributed by atoms with Crippen molar-refractivity contribution in [2.24, 2.45) is 5.92 Å². The predicted octanol–water partition coefficient (Wildman–Crippen LogP) is 5.23. The Morgan fingerprint density at radius 1 is 0.833 bits per heavy atom. The van der Waals surface area contributed by atoms with Crippen LogP contribution < -0.4 is 0 Å². The van der Waals surface area contributed by atoms with Gasteiger partial charge in [-0.15, -0.1) is 0 Å². The summed E-state index contributed by atoms with van der Waals surface area (Å²) in [6.07, 6.45) is 6.01. The second kappa shape index (κ2) is 10.5. The predicted molar refractivity (Wildman–Crippen MR) is 141 cm³/mol. The van der Waals surface area contributed by atoms with E-state index in [0.29, 0.717) is 5.92 Å². The van der Waals surface area contributed by atoms with Gasteiger partial charge in [-0.3, -0.25) is 0 Å². The fraction of sp³-hybridized carbons (Fsp3) is 0.400. The molecule has 1 N–H and O–H groups in total. The van der Waals surface area contributed by atoms with E-state index in [1.54, 1.807) is 12.1 Å². The maximum atomic E-state index is 11.8. The van der Waals surface area contributed by atoms with Crippen LogP contribution in [0.25, 0.3) is 0 Å². The standard InChI is InChI=1S/C23H30NO.C7H8O3S/c1-24(2)21-13-14-22(24)16-18(15-21)17-23(25,19-9-5-3-6-10-19)20-11-7-4-8-12-20;1-6-2-4-7(5-3-6)11(8,9)10/h3-12,18,21-22,25H,13-17H2,1-2H3;2-5H,1H3,(H,8,9,10)/q+1;/p-1. The summed E-state index contributed by atoms with van der Waals surface area (Å²) in [5, 5.41) is 11.8. The average Bonchev–Trinajstić information content (AvgIpc) is 3.01. The van der Waals surface area contributed by atoms with E-state index in [0.717, 1.165) is 35.2 Å². The Labute approximate surface area is 215 Å². The summed E-state index contributed by atoms with van der Waals surface area (Å²) in [5.41, 5.74) is 2.08. The summed E-state index contributed by atoms with van der Waals surface area (Å²) < 4.78 is 32.4. The first-order valence-corrected chi connectivity index (χ1v) is 14.1. The van der Waals surface area contributed by atoms with Crippen molar-refractivity contribution in [2.45, 2.75) is 61.6 Å². The smallest absolute Gasteiger partial charge is 0.124 e. The first-order valence-electron chi connectivity index (χ1n) is 12.7. The molecule has 0 spiro atoms. The fourth-order valence-corrected chi connectivity index (χ4v) is 6.58. The number of hydrogen-bond acceptors (Lipinski definition) is 4. The molecule has 6 heteroatoms. The molecule has 192 valence electrons. The highest BCUT2D eigenvalue weighted by Gasteiger charge is 2.50. The Bertz CT molecular complexity index is 1190. The lowest BCUT2D eigenvalue weighted by Gasteiger charge is -2.46. The van der Waals surface area contributed by atoms with Crippen molar-refractivity contribution in [1.29, 1.82) is 0 Å². The van der Waals surface area contributed by atoms with Crippen LogP contribution in [0.4, 0.5) is 0 Å². The van der Waals surface area contributed by atoms with Crippen LogP contribution in [-0.4, -0.2) is 48.7 Å². The van der Waals surface area contributed by atoms with Crippen LogP contribution in [0.15, 0.2) is 89.8 Å². The van der Waals surface area contributed by atoms with Gasteiger partial charge in [0.15, 0.2) is 0 Å². The molecule has 3 aromatic rings. The third-order valence-electron chi connectivity index (χ3n) is 8.32. The number of nitrogens with zero attached hydrogens (tertiary/aromatic N) is 1. The Hall–Kier alpha value is -2.51. The molecule has 2 saturated heterocycles. The molecule has 2 heterocycles. The monoisotopic (exact) mass is 507 g/mol. The molecular formula is C30H37NO4S. The quantitative estimate of drug-likeness (QED) is 0.379. The molecule has 2 atom stereocenters. The van der Waals surface area contributed by atoms with Crippen molar-refractivity contribution in [3.8, 4) is 0 Å². The van der Waals surface area contributed by atoms with Gasteiger partial charge in [0, 0.05) is 25.7 Å². The summed E-state index contributed by atoms with van der Waals surface area (Å²) >= 11 is 0. The SMILES string of the molecule is C[N+]1(C)C2CCC1CC(CC(O)(c1ccccc1)c1ccccc1)C2.Cc1ccc(S(=O)(=O)[O-])cc1. The van der Waals surface area contributed by atoms with Gasteiger partial charge in [-0.05, 0) is 42.5 Å². The first-order chi connectivity index (χ1) is 17.0. The molecule has 2 bridgehead atoms. The highest BCUT2D eigenvalue weighted by molar-refractivity contribution is 7.85. The molecule has 0 aliphatic carbocycles. The zero-order chi connectivity index (χ0) is 26.0. The third kappa shape index (κ3) is 5.73. The number of rotatable bonds is 5. The van der Waals surface area contributed by atoms with Gasteiger partial charge in [0.25, 0.3) is 0 Å². The van der Waals surface area contributed by atoms with Crippen LogP contribution in [0.1, 0.15) is 48.8 Å². The van der Waals surface area contributed by atoms with Gasteiger partial charge in [-0.1, -0.05) is 78.4 Å². The minimum absolute atomic E-state index is 0.178. The summed E-state index contributed by atoms with van der Waals surface area (Å²) in [5.74, 6) is 0.592. The van der Waals surface area contributed by atoms with E-state index in [4.69, 9.17) is 0 Å². The highest BCUT2D eigenvalue weighted by Crippen LogP contribution is 2.47. The molecule has 0 saturated carbocycles. The number of aryl methyl sites for hydroxylation is 1. The van der Waals surface area contributed by atoms with Crippen LogP contribution in [0.5, 0.6) is 0 Å². The van der Waals surface area contributed by atoms with E-state index in [1.807, 2.05) is 43.3 Å². The molecule has 5 nitrogen and oxygen atoms in total. The normalized spacial score (nSPS) is 23.0. The van der Waals surface area contributed by atoms with E-state index in [-0.39, 0.29) is 4.90 Å². The Kier molecular flexibility index (Phi) is 7.72. The molecular weight excluding hydrogens is 470 g/mol. The van der Waals surface area contributed by atoms with Gasteiger partial charge in [0.1, 0.15) is 15.7 Å². The lowest BCUT2D eigenvalue weighted by atomic mass is 9.75.